The Bertz CT molecular complexity index is 528. The highest BCUT2D eigenvalue weighted by atomic mass is 19.4. The first kappa shape index (κ1) is 29.4. The number of carbonyl (C=O) groups excluding carboxylic acids is 2. The summed E-state index contributed by atoms with van der Waals surface area (Å²) in [6.45, 7) is 1.96. The van der Waals surface area contributed by atoms with Crippen molar-refractivity contribution in [2.75, 3.05) is 13.3 Å². The van der Waals surface area contributed by atoms with E-state index in [0.29, 0.717) is 6.42 Å². The molecule has 2 atom stereocenters. The van der Waals surface area contributed by atoms with Crippen molar-refractivity contribution in [1.29, 1.82) is 0 Å². The number of alkyl halides is 10. The van der Waals surface area contributed by atoms with Crippen molar-refractivity contribution in [2.24, 2.45) is 5.41 Å². The first-order valence-corrected chi connectivity index (χ1v) is 7.49. The molecule has 0 aromatic heterocycles. The van der Waals surface area contributed by atoms with Gasteiger partial charge in [-0.1, -0.05) is 6.92 Å². The minimum atomic E-state index is -5.94. The Labute approximate surface area is 157 Å². The molecule has 0 aromatic rings. The number of ether oxygens (including phenoxy) is 2. The van der Waals surface area contributed by atoms with Gasteiger partial charge in [0.15, 0.2) is 6.61 Å². The standard InChI is InChI=1S/C11H16F4O4.C3H2F6O/c1-4-10(2,3)9(17)18-6-8(16)19-7(5-12)11(13,14)15;4-1(5)2(6,10)3(7,8)9/h7H,4-6H2,1-3H3;1,10H. The van der Waals surface area contributed by atoms with Crippen LogP contribution in [-0.2, 0) is 19.1 Å². The summed E-state index contributed by atoms with van der Waals surface area (Å²) in [5, 5.41) is 7.39. The van der Waals surface area contributed by atoms with Crippen molar-refractivity contribution in [3.05, 3.63) is 0 Å². The van der Waals surface area contributed by atoms with Gasteiger partial charge < -0.3 is 14.6 Å². The molecule has 0 spiro atoms. The fraction of sp³-hybridized carbons (Fsp3) is 0.857. The van der Waals surface area contributed by atoms with E-state index in [1.54, 1.807) is 20.8 Å². The van der Waals surface area contributed by atoms with Crippen LogP contribution in [0.1, 0.15) is 27.2 Å². The van der Waals surface area contributed by atoms with Crippen molar-refractivity contribution in [3.63, 3.8) is 0 Å². The van der Waals surface area contributed by atoms with Gasteiger partial charge in [0.25, 0.3) is 0 Å². The van der Waals surface area contributed by atoms with Crippen LogP contribution in [0.3, 0.4) is 0 Å². The first-order valence-electron chi connectivity index (χ1n) is 7.49. The van der Waals surface area contributed by atoms with Crippen LogP contribution in [0.15, 0.2) is 0 Å². The van der Waals surface area contributed by atoms with Gasteiger partial charge in [0.05, 0.1) is 5.41 Å². The van der Waals surface area contributed by atoms with Crippen molar-refractivity contribution < 1.29 is 68.1 Å². The molecule has 15 heteroatoms. The molecule has 174 valence electrons. The van der Waals surface area contributed by atoms with Gasteiger partial charge in [-0.3, -0.25) is 4.79 Å². The summed E-state index contributed by atoms with van der Waals surface area (Å²) in [6, 6.07) is 0. The average Bonchev–Trinajstić information content (AvgIpc) is 2.55. The number of halogens is 10. The fourth-order valence-electron chi connectivity index (χ4n) is 0.966. The van der Waals surface area contributed by atoms with Crippen LogP contribution < -0.4 is 0 Å². The number of carbonyl (C=O) groups is 2. The summed E-state index contributed by atoms with van der Waals surface area (Å²) in [5.41, 5.74) is -0.857. The maximum absolute atomic E-state index is 12.1. The molecule has 0 rings (SSSR count). The molecule has 0 heterocycles. The molecule has 0 aromatic carbocycles. The zero-order valence-corrected chi connectivity index (χ0v) is 15.1. The third-order valence-corrected chi connectivity index (χ3v) is 3.22. The van der Waals surface area contributed by atoms with E-state index in [2.05, 4.69) is 9.47 Å². The molecule has 0 bridgehead atoms. The van der Waals surface area contributed by atoms with E-state index in [1.165, 1.54) is 0 Å². The van der Waals surface area contributed by atoms with Crippen molar-refractivity contribution >= 4 is 11.9 Å². The Hall–Kier alpha value is -1.80. The molecule has 0 aliphatic carbocycles. The van der Waals surface area contributed by atoms with E-state index in [4.69, 9.17) is 5.11 Å². The Morgan fingerprint density at radius 3 is 1.69 bits per heavy atom. The predicted molar refractivity (Wildman–Crippen MR) is 75.1 cm³/mol. The van der Waals surface area contributed by atoms with Gasteiger partial charge in [0.1, 0.15) is 6.67 Å². The van der Waals surface area contributed by atoms with Crippen molar-refractivity contribution in [2.45, 2.75) is 57.9 Å². The Balaban J connectivity index is 0. The lowest BCUT2D eigenvalue weighted by molar-refractivity contribution is -0.352. The van der Waals surface area contributed by atoms with E-state index in [1.807, 2.05) is 0 Å². The first-order chi connectivity index (χ1) is 12.7. The molecular formula is C14H18F10O5. The summed E-state index contributed by atoms with van der Waals surface area (Å²) < 4.78 is 123. The lowest BCUT2D eigenvalue weighted by Gasteiger charge is -2.21. The maximum atomic E-state index is 12.1. The van der Waals surface area contributed by atoms with Crippen molar-refractivity contribution in [3.8, 4) is 0 Å². The molecule has 2 unspecified atom stereocenters. The van der Waals surface area contributed by atoms with Crippen LogP contribution in [0.5, 0.6) is 0 Å². The lowest BCUT2D eigenvalue weighted by atomic mass is 9.91. The minimum Gasteiger partial charge on any atom is -0.453 e. The molecular weight excluding hydrogens is 438 g/mol. The fourth-order valence-corrected chi connectivity index (χ4v) is 0.966. The Morgan fingerprint density at radius 1 is 1.00 bits per heavy atom. The monoisotopic (exact) mass is 456 g/mol. The van der Waals surface area contributed by atoms with E-state index in [0.717, 1.165) is 0 Å². The van der Waals surface area contributed by atoms with E-state index in [-0.39, 0.29) is 0 Å². The smallest absolute Gasteiger partial charge is 0.453 e. The number of aliphatic hydroxyl groups is 1. The lowest BCUT2D eigenvalue weighted by Crippen LogP contribution is -2.47. The molecule has 0 saturated carbocycles. The van der Waals surface area contributed by atoms with Gasteiger partial charge in [0.2, 0.25) is 6.10 Å². The molecule has 0 aliphatic heterocycles. The summed E-state index contributed by atoms with van der Waals surface area (Å²) in [4.78, 5) is 22.4. The van der Waals surface area contributed by atoms with Crippen LogP contribution >= 0.6 is 0 Å². The summed E-state index contributed by atoms with van der Waals surface area (Å²) >= 11 is 0. The molecule has 29 heavy (non-hydrogen) atoms. The highest BCUT2D eigenvalue weighted by Crippen LogP contribution is 2.36. The SMILES string of the molecule is CCC(C)(C)C(=O)OCC(=O)OC(CF)C(F)(F)F.OC(F)(C(F)F)C(F)(F)F. The van der Waals surface area contributed by atoms with Gasteiger partial charge in [-0.05, 0) is 20.3 Å². The molecule has 5 nitrogen and oxygen atoms in total. The summed E-state index contributed by atoms with van der Waals surface area (Å²) in [6.07, 6.45) is -17.8. The van der Waals surface area contributed by atoms with Crippen molar-refractivity contribution in [1.82, 2.24) is 0 Å². The third-order valence-electron chi connectivity index (χ3n) is 3.22. The molecule has 0 radical (unpaired) electrons. The Kier molecular flexibility index (Phi) is 11.0. The van der Waals surface area contributed by atoms with E-state index in [9.17, 15) is 53.5 Å². The maximum Gasteiger partial charge on any atom is 0.454 e. The minimum absolute atomic E-state index is 0.427. The summed E-state index contributed by atoms with van der Waals surface area (Å²) in [5.74, 6) is -7.58. The highest BCUT2D eigenvalue weighted by molar-refractivity contribution is 5.79. The predicted octanol–water partition coefficient (Wildman–Crippen LogP) is 3.88. The normalized spacial score (nSPS) is 15.7. The van der Waals surface area contributed by atoms with Gasteiger partial charge in [-0.15, -0.1) is 0 Å². The molecule has 0 fully saturated rings. The second-order valence-electron chi connectivity index (χ2n) is 5.96. The Morgan fingerprint density at radius 2 is 1.45 bits per heavy atom. The second-order valence-corrected chi connectivity index (χ2v) is 5.96. The highest BCUT2D eigenvalue weighted by Gasteiger charge is 2.62. The second kappa shape index (κ2) is 10.8. The van der Waals surface area contributed by atoms with E-state index < -0.39 is 61.4 Å². The topological polar surface area (TPSA) is 72.8 Å². The number of hydrogen-bond acceptors (Lipinski definition) is 5. The number of rotatable bonds is 7. The largest absolute Gasteiger partial charge is 0.454 e. The van der Waals surface area contributed by atoms with Crippen LogP contribution in [0.25, 0.3) is 0 Å². The molecule has 0 amide bonds. The average molecular weight is 456 g/mol. The van der Waals surface area contributed by atoms with Gasteiger partial charge >= 0.3 is 36.6 Å². The number of hydrogen-bond donors (Lipinski definition) is 1. The van der Waals surface area contributed by atoms with Crippen LogP contribution in [0, 0.1) is 5.41 Å². The van der Waals surface area contributed by atoms with Gasteiger partial charge in [0, 0.05) is 0 Å². The third kappa shape index (κ3) is 9.99. The molecule has 0 aliphatic rings. The van der Waals surface area contributed by atoms with Gasteiger partial charge in [-0.2, -0.15) is 30.7 Å². The van der Waals surface area contributed by atoms with Crippen LogP contribution in [-0.4, -0.2) is 61.1 Å². The quantitative estimate of drug-likeness (QED) is 0.465. The molecule has 0 saturated heterocycles. The van der Waals surface area contributed by atoms with Crippen LogP contribution in [0.2, 0.25) is 0 Å². The zero-order valence-electron chi connectivity index (χ0n) is 15.1. The van der Waals surface area contributed by atoms with Gasteiger partial charge in [-0.25, -0.2) is 18.0 Å². The summed E-state index contributed by atoms with van der Waals surface area (Å²) in [7, 11) is 0. The number of esters is 2. The van der Waals surface area contributed by atoms with E-state index >= 15 is 0 Å². The zero-order chi connectivity index (χ0) is 23.8. The van der Waals surface area contributed by atoms with Crippen LogP contribution in [0.4, 0.5) is 43.9 Å². The molecule has 1 N–H and O–H groups in total.